The first-order valence-corrected chi connectivity index (χ1v) is 8.05. The number of anilines is 1. The molecule has 0 saturated heterocycles. The highest BCUT2D eigenvalue weighted by molar-refractivity contribution is 7.89. The Balaban J connectivity index is 2.58. The van der Waals surface area contributed by atoms with Crippen molar-refractivity contribution in [2.75, 3.05) is 32.6 Å². The van der Waals surface area contributed by atoms with Gasteiger partial charge in [-0.25, -0.2) is 13.1 Å². The van der Waals surface area contributed by atoms with E-state index in [0.29, 0.717) is 5.39 Å². The fourth-order valence-electron chi connectivity index (χ4n) is 2.20. The molecule has 0 spiro atoms. The topological polar surface area (TPSA) is 61.8 Å². The Bertz CT molecular complexity index is 768. The number of hydrogen-bond acceptors (Lipinski definition) is 4. The second kappa shape index (κ2) is 6.24. The zero-order valence-corrected chi connectivity index (χ0v) is 13.2. The van der Waals surface area contributed by atoms with E-state index in [1.807, 2.05) is 43.3 Å². The van der Waals surface area contributed by atoms with Gasteiger partial charge in [-0.1, -0.05) is 24.3 Å². The maximum absolute atomic E-state index is 12.4. The molecule has 0 fully saturated rings. The minimum Gasteiger partial charge on any atom is -0.377 e. The second-order valence-corrected chi connectivity index (χ2v) is 6.55. The highest BCUT2D eigenvalue weighted by Gasteiger charge is 2.17. The van der Waals surface area contributed by atoms with Crippen LogP contribution in [0.15, 0.2) is 46.3 Å². The minimum atomic E-state index is -3.56. The summed E-state index contributed by atoms with van der Waals surface area (Å²) in [6.45, 7) is 0.183. The van der Waals surface area contributed by atoms with Gasteiger partial charge in [0.1, 0.15) is 0 Å². The SMILES string of the molecule is CN=CCNS(=O)(=O)c1cccc2c(N(C)C)cccc12. The van der Waals surface area contributed by atoms with Crippen LogP contribution in [-0.4, -0.2) is 42.3 Å². The van der Waals surface area contributed by atoms with Gasteiger partial charge in [0.05, 0.1) is 4.90 Å². The van der Waals surface area contributed by atoms with E-state index in [2.05, 4.69) is 9.71 Å². The lowest BCUT2D eigenvalue weighted by Crippen LogP contribution is -2.25. The Hall–Kier alpha value is -1.92. The average Bonchev–Trinajstić information content (AvgIpc) is 2.46. The molecular formula is C15H19N3O2S. The molecule has 112 valence electrons. The van der Waals surface area contributed by atoms with Crippen molar-refractivity contribution in [1.29, 1.82) is 0 Å². The molecule has 0 atom stereocenters. The monoisotopic (exact) mass is 305 g/mol. The maximum Gasteiger partial charge on any atom is 0.241 e. The first kappa shape index (κ1) is 15.5. The number of nitrogens with zero attached hydrogens (tertiary/aromatic N) is 2. The lowest BCUT2D eigenvalue weighted by molar-refractivity contribution is 0.587. The van der Waals surface area contributed by atoms with E-state index < -0.39 is 10.0 Å². The minimum absolute atomic E-state index is 0.183. The highest BCUT2D eigenvalue weighted by Crippen LogP contribution is 2.29. The molecule has 2 rings (SSSR count). The molecule has 21 heavy (non-hydrogen) atoms. The number of nitrogens with one attached hydrogen (secondary N) is 1. The first-order valence-electron chi connectivity index (χ1n) is 6.56. The zero-order valence-electron chi connectivity index (χ0n) is 12.4. The molecule has 0 heterocycles. The molecule has 0 aromatic heterocycles. The van der Waals surface area contributed by atoms with Crippen LogP contribution < -0.4 is 9.62 Å². The fourth-order valence-corrected chi connectivity index (χ4v) is 3.38. The van der Waals surface area contributed by atoms with Gasteiger partial charge in [-0.2, -0.15) is 0 Å². The van der Waals surface area contributed by atoms with Crippen LogP contribution in [0.25, 0.3) is 10.8 Å². The van der Waals surface area contributed by atoms with Gasteiger partial charge in [0, 0.05) is 50.4 Å². The number of aliphatic imine (C=N–C) groups is 1. The molecule has 6 heteroatoms. The summed E-state index contributed by atoms with van der Waals surface area (Å²) < 4.78 is 27.4. The van der Waals surface area contributed by atoms with Crippen molar-refractivity contribution in [2.45, 2.75) is 4.90 Å². The number of fused-ring (bicyclic) bond motifs is 1. The zero-order chi connectivity index (χ0) is 15.5. The van der Waals surface area contributed by atoms with Gasteiger partial charge in [-0.3, -0.25) is 4.99 Å². The summed E-state index contributed by atoms with van der Waals surface area (Å²) in [5.74, 6) is 0. The quantitative estimate of drug-likeness (QED) is 0.858. The van der Waals surface area contributed by atoms with Crippen molar-refractivity contribution in [3.05, 3.63) is 36.4 Å². The molecule has 0 bridgehead atoms. The van der Waals surface area contributed by atoms with Crippen molar-refractivity contribution >= 4 is 32.7 Å². The number of rotatable bonds is 5. The predicted molar refractivity (Wildman–Crippen MR) is 87.9 cm³/mol. The van der Waals surface area contributed by atoms with Crippen molar-refractivity contribution in [3.63, 3.8) is 0 Å². The molecule has 5 nitrogen and oxygen atoms in total. The van der Waals surface area contributed by atoms with Gasteiger partial charge in [0.15, 0.2) is 0 Å². The molecule has 0 aliphatic heterocycles. The van der Waals surface area contributed by atoms with E-state index >= 15 is 0 Å². The third kappa shape index (κ3) is 3.22. The van der Waals surface area contributed by atoms with E-state index in [0.717, 1.165) is 11.1 Å². The van der Waals surface area contributed by atoms with Crippen LogP contribution in [0, 0.1) is 0 Å². The summed E-state index contributed by atoms with van der Waals surface area (Å²) in [6, 6.07) is 11.0. The summed E-state index contributed by atoms with van der Waals surface area (Å²) in [5, 5.41) is 1.62. The Morgan fingerprint density at radius 1 is 1.14 bits per heavy atom. The van der Waals surface area contributed by atoms with Crippen LogP contribution in [0.2, 0.25) is 0 Å². The summed E-state index contributed by atoms with van der Waals surface area (Å²) >= 11 is 0. The van der Waals surface area contributed by atoms with Crippen LogP contribution in [0.4, 0.5) is 5.69 Å². The maximum atomic E-state index is 12.4. The molecule has 0 amide bonds. The number of sulfonamides is 1. The lowest BCUT2D eigenvalue weighted by atomic mass is 10.1. The van der Waals surface area contributed by atoms with E-state index in [-0.39, 0.29) is 11.4 Å². The third-order valence-corrected chi connectivity index (χ3v) is 4.66. The number of hydrogen-bond donors (Lipinski definition) is 1. The van der Waals surface area contributed by atoms with E-state index in [9.17, 15) is 8.42 Å². The Kier molecular flexibility index (Phi) is 4.59. The second-order valence-electron chi connectivity index (χ2n) is 4.82. The average molecular weight is 305 g/mol. The summed E-state index contributed by atoms with van der Waals surface area (Å²) in [5.41, 5.74) is 0.986. The molecule has 2 aromatic rings. The van der Waals surface area contributed by atoms with Gasteiger partial charge >= 0.3 is 0 Å². The van der Waals surface area contributed by atoms with Crippen LogP contribution in [0.1, 0.15) is 0 Å². The van der Waals surface area contributed by atoms with Crippen LogP contribution in [0.5, 0.6) is 0 Å². The van der Waals surface area contributed by atoms with Gasteiger partial charge in [0.25, 0.3) is 0 Å². The van der Waals surface area contributed by atoms with E-state index in [1.165, 1.54) is 6.21 Å². The third-order valence-electron chi connectivity index (χ3n) is 3.18. The largest absolute Gasteiger partial charge is 0.377 e. The van der Waals surface area contributed by atoms with Gasteiger partial charge in [0.2, 0.25) is 10.0 Å². The van der Waals surface area contributed by atoms with Gasteiger partial charge < -0.3 is 4.90 Å². The van der Waals surface area contributed by atoms with E-state index in [4.69, 9.17) is 0 Å². The normalized spacial score (nSPS) is 12.1. The van der Waals surface area contributed by atoms with E-state index in [1.54, 1.807) is 19.2 Å². The first-order chi connectivity index (χ1) is 9.97. The predicted octanol–water partition coefficient (Wildman–Crippen LogP) is 1.88. The van der Waals surface area contributed by atoms with Crippen LogP contribution in [0.3, 0.4) is 0 Å². The van der Waals surface area contributed by atoms with Crippen LogP contribution in [-0.2, 0) is 10.0 Å². The smallest absolute Gasteiger partial charge is 0.241 e. The summed E-state index contributed by atoms with van der Waals surface area (Å²) in [4.78, 5) is 6.03. The Labute approximate surface area is 125 Å². The molecule has 0 radical (unpaired) electrons. The van der Waals surface area contributed by atoms with Crippen molar-refractivity contribution < 1.29 is 8.42 Å². The molecule has 1 N–H and O–H groups in total. The molecule has 2 aromatic carbocycles. The van der Waals surface area contributed by atoms with Crippen molar-refractivity contribution in [1.82, 2.24) is 4.72 Å². The molecule has 0 unspecified atom stereocenters. The Morgan fingerprint density at radius 2 is 1.81 bits per heavy atom. The molecule has 0 aliphatic rings. The standard InChI is InChI=1S/C15H19N3O2S/c1-16-10-11-17-21(19,20)15-9-5-6-12-13(15)7-4-8-14(12)18(2)3/h4-10,17H,11H2,1-3H3. The summed E-state index contributed by atoms with van der Waals surface area (Å²) in [7, 11) is 1.92. The summed E-state index contributed by atoms with van der Waals surface area (Å²) in [6.07, 6.45) is 1.52. The highest BCUT2D eigenvalue weighted by atomic mass is 32.2. The van der Waals surface area contributed by atoms with Gasteiger partial charge in [-0.05, 0) is 12.1 Å². The fraction of sp³-hybridized carbons (Fsp3) is 0.267. The molecule has 0 aliphatic carbocycles. The lowest BCUT2D eigenvalue weighted by Gasteiger charge is -2.16. The molecular weight excluding hydrogens is 286 g/mol. The number of benzene rings is 2. The van der Waals surface area contributed by atoms with Gasteiger partial charge in [-0.15, -0.1) is 0 Å². The van der Waals surface area contributed by atoms with Crippen molar-refractivity contribution in [3.8, 4) is 0 Å². The Morgan fingerprint density at radius 3 is 2.48 bits per heavy atom. The molecule has 0 saturated carbocycles. The van der Waals surface area contributed by atoms with Crippen molar-refractivity contribution in [2.24, 2.45) is 4.99 Å². The van der Waals surface area contributed by atoms with Crippen LogP contribution >= 0.6 is 0 Å².